The zero-order valence-corrected chi connectivity index (χ0v) is 28.1. The van der Waals surface area contributed by atoms with E-state index in [4.69, 9.17) is 4.74 Å². The maximum Gasteiger partial charge on any atom is 0.264 e. The van der Waals surface area contributed by atoms with Crippen LogP contribution in [0.1, 0.15) is 47.9 Å². The van der Waals surface area contributed by atoms with Gasteiger partial charge in [-0.1, -0.05) is 96.8 Å². The van der Waals surface area contributed by atoms with E-state index >= 15 is 0 Å². The molecule has 0 saturated heterocycles. The van der Waals surface area contributed by atoms with Crippen molar-refractivity contribution in [2.75, 3.05) is 18.0 Å². The number of carbonyl (C=O) groups is 2. The lowest BCUT2D eigenvalue weighted by molar-refractivity contribution is -0.140. The van der Waals surface area contributed by atoms with Crippen LogP contribution >= 0.6 is 0 Å². The molecule has 9 heteroatoms. The van der Waals surface area contributed by atoms with Gasteiger partial charge in [0.15, 0.2) is 0 Å². The van der Waals surface area contributed by atoms with Crippen molar-refractivity contribution in [3.8, 4) is 5.75 Å². The lowest BCUT2D eigenvalue weighted by Gasteiger charge is -2.34. The van der Waals surface area contributed by atoms with Crippen LogP contribution in [0.2, 0.25) is 0 Å². The van der Waals surface area contributed by atoms with Crippen LogP contribution in [0.25, 0.3) is 0 Å². The van der Waals surface area contributed by atoms with Crippen LogP contribution in [-0.4, -0.2) is 50.9 Å². The van der Waals surface area contributed by atoms with E-state index in [0.29, 0.717) is 5.75 Å². The van der Waals surface area contributed by atoms with Gasteiger partial charge in [0, 0.05) is 25.1 Å². The Morgan fingerprint density at radius 3 is 2.11 bits per heavy atom. The number of aryl methyl sites for hydroxylation is 2. The number of amides is 2. The summed E-state index contributed by atoms with van der Waals surface area (Å²) in [4.78, 5) is 30.4. The van der Waals surface area contributed by atoms with Crippen molar-refractivity contribution in [3.63, 3.8) is 0 Å². The second-order valence-electron chi connectivity index (χ2n) is 12.2. The molecule has 1 unspecified atom stereocenters. The summed E-state index contributed by atoms with van der Waals surface area (Å²) in [6, 6.07) is 29.8. The Hall–Kier alpha value is -4.63. The minimum absolute atomic E-state index is 0.0484. The molecule has 8 nitrogen and oxygen atoms in total. The summed E-state index contributed by atoms with van der Waals surface area (Å²) in [6.45, 7) is 3.48. The first-order chi connectivity index (χ1) is 22.6. The van der Waals surface area contributed by atoms with Crippen LogP contribution in [0.3, 0.4) is 0 Å². The summed E-state index contributed by atoms with van der Waals surface area (Å²) >= 11 is 0. The Morgan fingerprint density at radius 1 is 0.830 bits per heavy atom. The third-order valence-corrected chi connectivity index (χ3v) is 10.5. The van der Waals surface area contributed by atoms with E-state index in [-0.39, 0.29) is 35.5 Å². The smallest absolute Gasteiger partial charge is 0.264 e. The van der Waals surface area contributed by atoms with Gasteiger partial charge < -0.3 is 15.0 Å². The highest BCUT2D eigenvalue weighted by molar-refractivity contribution is 7.92. The van der Waals surface area contributed by atoms with Crippen molar-refractivity contribution in [2.24, 2.45) is 0 Å². The largest absolute Gasteiger partial charge is 0.497 e. The molecule has 0 bridgehead atoms. The molecule has 0 heterocycles. The zero-order valence-electron chi connectivity index (χ0n) is 27.3. The molecule has 1 saturated carbocycles. The number of benzene rings is 4. The molecule has 0 spiro atoms. The zero-order chi connectivity index (χ0) is 33.4. The van der Waals surface area contributed by atoms with Gasteiger partial charge in [0.1, 0.15) is 18.3 Å². The first-order valence-electron chi connectivity index (χ1n) is 16.1. The minimum Gasteiger partial charge on any atom is -0.497 e. The van der Waals surface area contributed by atoms with E-state index in [2.05, 4.69) is 5.32 Å². The number of sulfonamides is 1. The molecule has 0 radical (unpaired) electrons. The average Bonchev–Trinajstić information content (AvgIpc) is 3.59. The Kier molecular flexibility index (Phi) is 11.0. The maximum atomic E-state index is 14.7. The first kappa shape index (κ1) is 33.7. The van der Waals surface area contributed by atoms with Gasteiger partial charge in [-0.05, 0) is 62.1 Å². The number of anilines is 1. The lowest BCUT2D eigenvalue weighted by atomic mass is 10.0. The van der Waals surface area contributed by atoms with Crippen LogP contribution < -0.4 is 14.4 Å². The highest BCUT2D eigenvalue weighted by Crippen LogP contribution is 2.28. The van der Waals surface area contributed by atoms with E-state index in [0.717, 1.165) is 52.2 Å². The average molecular weight is 654 g/mol. The van der Waals surface area contributed by atoms with E-state index < -0.39 is 28.5 Å². The number of methoxy groups -OCH3 is 1. The third kappa shape index (κ3) is 8.60. The molecular formula is C38H43N3O5S. The van der Waals surface area contributed by atoms with E-state index in [1.165, 1.54) is 7.11 Å². The molecule has 4 aromatic carbocycles. The fourth-order valence-corrected chi connectivity index (χ4v) is 7.35. The Labute approximate surface area is 278 Å². The van der Waals surface area contributed by atoms with Crippen molar-refractivity contribution in [2.45, 2.75) is 69.5 Å². The summed E-state index contributed by atoms with van der Waals surface area (Å²) < 4.78 is 35.0. The molecule has 1 atom stereocenters. The van der Waals surface area contributed by atoms with Crippen molar-refractivity contribution >= 4 is 27.5 Å². The summed E-state index contributed by atoms with van der Waals surface area (Å²) in [5.41, 5.74) is 4.00. The number of carbonyl (C=O) groups excluding carboxylic acids is 2. The fraction of sp³-hybridized carbons (Fsp3) is 0.316. The predicted octanol–water partition coefficient (Wildman–Crippen LogP) is 6.21. The van der Waals surface area contributed by atoms with Crippen molar-refractivity contribution in [1.82, 2.24) is 10.2 Å². The number of nitrogens with zero attached hydrogens (tertiary/aromatic N) is 2. The van der Waals surface area contributed by atoms with Crippen molar-refractivity contribution in [1.29, 1.82) is 0 Å². The minimum atomic E-state index is -4.20. The Morgan fingerprint density at radius 2 is 1.47 bits per heavy atom. The standard InChI is InChI=1S/C38H43N3O5S/c1-28-16-20-31(21-17-28)26-40(36(24-30-10-5-4-6-11-30)38(43)39-32-12-7-8-13-32)37(42)27-41(33-14-9-15-34(25-33)46-3)47(44,45)35-22-18-29(2)19-23-35/h4-6,9-11,14-23,25,32,36H,7-8,12-13,24,26-27H2,1-3H3,(H,39,43). The van der Waals surface area contributed by atoms with E-state index in [1.807, 2.05) is 68.4 Å². The molecule has 1 aliphatic rings. The molecule has 1 aliphatic carbocycles. The monoisotopic (exact) mass is 653 g/mol. The van der Waals surface area contributed by atoms with E-state index in [9.17, 15) is 18.0 Å². The molecule has 0 aliphatic heterocycles. The van der Waals surface area contributed by atoms with Gasteiger partial charge in [0.25, 0.3) is 10.0 Å². The Balaban J connectivity index is 1.57. The van der Waals surface area contributed by atoms with Crippen LogP contribution in [-0.2, 0) is 32.6 Å². The number of hydrogen-bond donors (Lipinski definition) is 1. The van der Waals surface area contributed by atoms with Crippen LogP contribution in [0.4, 0.5) is 5.69 Å². The molecule has 1 fully saturated rings. The van der Waals surface area contributed by atoms with Gasteiger partial charge in [0.2, 0.25) is 11.8 Å². The fourth-order valence-electron chi connectivity index (χ4n) is 5.94. The van der Waals surface area contributed by atoms with Crippen molar-refractivity contribution < 1.29 is 22.7 Å². The summed E-state index contributed by atoms with van der Waals surface area (Å²) in [6.07, 6.45) is 4.17. The SMILES string of the molecule is COc1cccc(N(CC(=O)N(Cc2ccc(C)cc2)C(Cc2ccccc2)C(=O)NC2CCCC2)S(=O)(=O)c2ccc(C)cc2)c1. The van der Waals surface area contributed by atoms with Crippen LogP contribution in [0.15, 0.2) is 108 Å². The van der Waals surface area contributed by atoms with Gasteiger partial charge in [0.05, 0.1) is 17.7 Å². The maximum absolute atomic E-state index is 14.7. The molecular weight excluding hydrogens is 611 g/mol. The van der Waals surface area contributed by atoms with Gasteiger partial charge in [-0.2, -0.15) is 0 Å². The summed E-state index contributed by atoms with van der Waals surface area (Å²) in [5, 5.41) is 3.21. The number of nitrogens with one attached hydrogen (secondary N) is 1. The second kappa shape index (κ2) is 15.3. The third-order valence-electron chi connectivity index (χ3n) is 8.68. The van der Waals surface area contributed by atoms with Crippen LogP contribution in [0, 0.1) is 13.8 Å². The predicted molar refractivity (Wildman–Crippen MR) is 185 cm³/mol. The summed E-state index contributed by atoms with van der Waals surface area (Å²) in [5.74, 6) is -0.282. The van der Waals surface area contributed by atoms with Gasteiger partial charge in [-0.15, -0.1) is 0 Å². The van der Waals surface area contributed by atoms with Gasteiger partial charge in [-0.25, -0.2) is 8.42 Å². The molecule has 2 amide bonds. The molecule has 47 heavy (non-hydrogen) atoms. The quantitative estimate of drug-likeness (QED) is 0.185. The molecule has 0 aromatic heterocycles. The molecule has 5 rings (SSSR count). The Bertz CT molecular complexity index is 1750. The number of rotatable bonds is 13. The highest BCUT2D eigenvalue weighted by atomic mass is 32.2. The molecule has 246 valence electrons. The van der Waals surface area contributed by atoms with Crippen molar-refractivity contribution in [3.05, 3.63) is 125 Å². The number of hydrogen-bond acceptors (Lipinski definition) is 5. The van der Waals surface area contributed by atoms with Gasteiger partial charge >= 0.3 is 0 Å². The summed E-state index contributed by atoms with van der Waals surface area (Å²) in [7, 11) is -2.69. The molecule has 1 N–H and O–H groups in total. The first-order valence-corrected chi connectivity index (χ1v) is 17.5. The van der Waals surface area contributed by atoms with Crippen LogP contribution in [0.5, 0.6) is 5.75 Å². The second-order valence-corrected chi connectivity index (χ2v) is 14.1. The normalized spacial score (nSPS) is 13.9. The molecule has 4 aromatic rings. The number of ether oxygens (including phenoxy) is 1. The van der Waals surface area contributed by atoms with E-state index in [1.54, 1.807) is 53.4 Å². The lowest BCUT2D eigenvalue weighted by Crippen LogP contribution is -2.54. The highest BCUT2D eigenvalue weighted by Gasteiger charge is 2.35. The topological polar surface area (TPSA) is 96.0 Å². The van der Waals surface area contributed by atoms with Gasteiger partial charge in [-0.3, -0.25) is 13.9 Å².